The molecule has 0 aliphatic heterocycles. The number of sulfonamides is 1. The zero-order valence-electron chi connectivity index (χ0n) is 12.1. The third-order valence-corrected chi connectivity index (χ3v) is 5.46. The molecule has 1 aromatic carbocycles. The van der Waals surface area contributed by atoms with E-state index in [9.17, 15) is 8.42 Å². The van der Waals surface area contributed by atoms with E-state index in [1.807, 2.05) is 12.1 Å². The Hall–Kier alpha value is -1.66. The summed E-state index contributed by atoms with van der Waals surface area (Å²) in [6, 6.07) is 8.71. The summed E-state index contributed by atoms with van der Waals surface area (Å²) in [7, 11) is -1.64. The van der Waals surface area contributed by atoms with Crippen LogP contribution in [0.1, 0.15) is 13.3 Å². The summed E-state index contributed by atoms with van der Waals surface area (Å²) in [5.74, 6) is 1.88. The summed E-state index contributed by atoms with van der Waals surface area (Å²) < 4.78 is 27.3. The molecule has 112 valence electrons. The molecule has 0 spiro atoms. The van der Waals surface area contributed by atoms with Gasteiger partial charge in [0.05, 0.1) is 10.4 Å². The van der Waals surface area contributed by atoms with E-state index < -0.39 is 10.0 Å². The second kappa shape index (κ2) is 5.27. The highest BCUT2D eigenvalue weighted by Gasteiger charge is 2.33. The fourth-order valence-electron chi connectivity index (χ4n) is 2.39. The minimum atomic E-state index is -3.44. The summed E-state index contributed by atoms with van der Waals surface area (Å²) >= 11 is 0. The van der Waals surface area contributed by atoms with Crippen LogP contribution in [0.3, 0.4) is 0 Å². The maximum absolute atomic E-state index is 12.3. The highest BCUT2D eigenvalue weighted by atomic mass is 32.2. The van der Waals surface area contributed by atoms with Crippen molar-refractivity contribution in [1.82, 2.24) is 9.71 Å². The smallest absolute Gasteiger partial charge is 0.240 e. The SMILES string of the molecule is CNc1ccc2cc(S(=O)(=O)NCC3CC3C)ccc2n1. The molecule has 1 saturated carbocycles. The standard InChI is InChI=1S/C15H19N3O2S/c1-10-7-12(10)9-17-21(19,20)13-4-5-14-11(8-13)3-6-15(16-2)18-14/h3-6,8,10,12,17H,7,9H2,1-2H3,(H,16,18). The first-order valence-electron chi connectivity index (χ1n) is 7.08. The number of aromatic nitrogens is 1. The Morgan fingerprint density at radius 1 is 1.29 bits per heavy atom. The second-order valence-electron chi connectivity index (χ2n) is 5.63. The van der Waals surface area contributed by atoms with Gasteiger partial charge in [-0.05, 0) is 48.6 Å². The molecule has 3 rings (SSSR count). The molecular weight excluding hydrogens is 286 g/mol. The van der Waals surface area contributed by atoms with E-state index in [-0.39, 0.29) is 0 Å². The van der Waals surface area contributed by atoms with Gasteiger partial charge in [0.25, 0.3) is 0 Å². The Morgan fingerprint density at radius 2 is 2.05 bits per heavy atom. The molecule has 0 amide bonds. The van der Waals surface area contributed by atoms with Crippen molar-refractivity contribution in [3.05, 3.63) is 30.3 Å². The van der Waals surface area contributed by atoms with Crippen molar-refractivity contribution in [2.75, 3.05) is 18.9 Å². The van der Waals surface area contributed by atoms with E-state index in [4.69, 9.17) is 0 Å². The maximum atomic E-state index is 12.3. The van der Waals surface area contributed by atoms with Crippen LogP contribution in [-0.2, 0) is 10.0 Å². The molecule has 2 atom stereocenters. The van der Waals surface area contributed by atoms with Crippen LogP contribution < -0.4 is 10.0 Å². The lowest BCUT2D eigenvalue weighted by atomic mass is 10.2. The first-order chi connectivity index (χ1) is 9.99. The van der Waals surface area contributed by atoms with Crippen LogP contribution in [0.2, 0.25) is 0 Å². The topological polar surface area (TPSA) is 71.1 Å². The molecule has 2 aromatic rings. The maximum Gasteiger partial charge on any atom is 0.240 e. The van der Waals surface area contributed by atoms with Crippen LogP contribution in [0, 0.1) is 11.8 Å². The van der Waals surface area contributed by atoms with E-state index in [1.165, 1.54) is 0 Å². The summed E-state index contributed by atoms with van der Waals surface area (Å²) in [6.07, 6.45) is 1.11. The number of benzene rings is 1. The summed E-state index contributed by atoms with van der Waals surface area (Å²) in [5.41, 5.74) is 0.775. The summed E-state index contributed by atoms with van der Waals surface area (Å²) in [4.78, 5) is 4.68. The number of hydrogen-bond acceptors (Lipinski definition) is 4. The fraction of sp³-hybridized carbons (Fsp3) is 0.400. The number of hydrogen-bond donors (Lipinski definition) is 2. The van der Waals surface area contributed by atoms with Crippen molar-refractivity contribution in [3.63, 3.8) is 0 Å². The number of anilines is 1. The first kappa shape index (κ1) is 14.3. The average molecular weight is 305 g/mol. The van der Waals surface area contributed by atoms with Crippen molar-refractivity contribution in [2.45, 2.75) is 18.2 Å². The Kier molecular flexibility index (Phi) is 3.59. The molecule has 1 heterocycles. The van der Waals surface area contributed by atoms with Crippen LogP contribution >= 0.6 is 0 Å². The van der Waals surface area contributed by atoms with Crippen molar-refractivity contribution < 1.29 is 8.42 Å². The number of pyridine rings is 1. The summed E-state index contributed by atoms with van der Waals surface area (Å²) in [6.45, 7) is 2.67. The van der Waals surface area contributed by atoms with Gasteiger partial charge in [-0.15, -0.1) is 0 Å². The monoisotopic (exact) mass is 305 g/mol. The molecule has 2 N–H and O–H groups in total. The predicted octanol–water partition coefficient (Wildman–Crippen LogP) is 2.21. The fourth-order valence-corrected chi connectivity index (χ4v) is 3.52. The Balaban J connectivity index is 1.85. The van der Waals surface area contributed by atoms with Gasteiger partial charge in [-0.2, -0.15) is 0 Å². The molecular formula is C15H19N3O2S. The van der Waals surface area contributed by atoms with E-state index in [0.29, 0.717) is 23.3 Å². The van der Waals surface area contributed by atoms with Gasteiger partial charge < -0.3 is 5.32 Å². The van der Waals surface area contributed by atoms with Crippen molar-refractivity contribution in [2.24, 2.45) is 11.8 Å². The van der Waals surface area contributed by atoms with Gasteiger partial charge in [0.15, 0.2) is 0 Å². The van der Waals surface area contributed by atoms with Crippen LogP contribution in [-0.4, -0.2) is 27.0 Å². The molecule has 1 aliphatic carbocycles. The molecule has 6 heteroatoms. The first-order valence-corrected chi connectivity index (χ1v) is 8.56. The third kappa shape index (κ3) is 3.01. The average Bonchev–Trinajstić information content (AvgIpc) is 3.20. The van der Waals surface area contributed by atoms with Crippen LogP contribution in [0.25, 0.3) is 10.9 Å². The minimum absolute atomic E-state index is 0.294. The van der Waals surface area contributed by atoms with Gasteiger partial charge in [0.1, 0.15) is 5.82 Å². The lowest BCUT2D eigenvalue weighted by Crippen LogP contribution is -2.26. The molecule has 1 fully saturated rings. The number of rotatable bonds is 5. The van der Waals surface area contributed by atoms with Gasteiger partial charge in [0, 0.05) is 19.0 Å². The predicted molar refractivity (Wildman–Crippen MR) is 83.7 cm³/mol. The largest absolute Gasteiger partial charge is 0.373 e. The van der Waals surface area contributed by atoms with Crippen LogP contribution in [0.15, 0.2) is 35.2 Å². The lowest BCUT2D eigenvalue weighted by molar-refractivity contribution is 0.574. The zero-order chi connectivity index (χ0) is 15.0. The summed E-state index contributed by atoms with van der Waals surface area (Å²) in [5, 5.41) is 3.78. The zero-order valence-corrected chi connectivity index (χ0v) is 12.9. The van der Waals surface area contributed by atoms with E-state index >= 15 is 0 Å². The molecule has 5 nitrogen and oxygen atoms in total. The minimum Gasteiger partial charge on any atom is -0.373 e. The number of nitrogens with one attached hydrogen (secondary N) is 2. The lowest BCUT2D eigenvalue weighted by Gasteiger charge is -2.08. The van der Waals surface area contributed by atoms with E-state index in [0.717, 1.165) is 23.1 Å². The number of nitrogens with zero attached hydrogens (tertiary/aromatic N) is 1. The van der Waals surface area contributed by atoms with E-state index in [2.05, 4.69) is 21.9 Å². The number of fused-ring (bicyclic) bond motifs is 1. The molecule has 1 aliphatic rings. The van der Waals surface area contributed by atoms with Crippen molar-refractivity contribution in [1.29, 1.82) is 0 Å². The van der Waals surface area contributed by atoms with Gasteiger partial charge in [-0.25, -0.2) is 18.1 Å². The Bertz CT molecular complexity index is 774. The van der Waals surface area contributed by atoms with Crippen LogP contribution in [0.4, 0.5) is 5.82 Å². The van der Waals surface area contributed by atoms with Gasteiger partial charge in [0.2, 0.25) is 10.0 Å². The van der Waals surface area contributed by atoms with Gasteiger partial charge in [-0.3, -0.25) is 0 Å². The van der Waals surface area contributed by atoms with Gasteiger partial charge in [-0.1, -0.05) is 6.92 Å². The van der Waals surface area contributed by atoms with E-state index in [1.54, 1.807) is 25.2 Å². The quantitative estimate of drug-likeness (QED) is 0.888. The Morgan fingerprint density at radius 3 is 2.71 bits per heavy atom. The molecule has 0 radical (unpaired) electrons. The van der Waals surface area contributed by atoms with Crippen molar-refractivity contribution >= 4 is 26.7 Å². The van der Waals surface area contributed by atoms with Crippen molar-refractivity contribution in [3.8, 4) is 0 Å². The molecule has 1 aromatic heterocycles. The molecule has 2 unspecified atom stereocenters. The third-order valence-electron chi connectivity index (χ3n) is 4.04. The van der Waals surface area contributed by atoms with Crippen LogP contribution in [0.5, 0.6) is 0 Å². The highest BCUT2D eigenvalue weighted by Crippen LogP contribution is 2.37. The molecule has 0 bridgehead atoms. The van der Waals surface area contributed by atoms with Gasteiger partial charge >= 0.3 is 0 Å². The normalized spacial score (nSPS) is 21.4. The molecule has 0 saturated heterocycles. The molecule has 21 heavy (non-hydrogen) atoms. The highest BCUT2D eigenvalue weighted by molar-refractivity contribution is 7.89. The Labute approximate surface area is 124 Å². The second-order valence-corrected chi connectivity index (χ2v) is 7.39.